The average Bonchev–Trinajstić information content (AvgIpc) is 2.80. The average molecular weight is 289 g/mol. The number of aliphatic hydroxyl groups excluding tert-OH is 1. The van der Waals surface area contributed by atoms with E-state index in [2.05, 4.69) is 10.2 Å². The van der Waals surface area contributed by atoms with Crippen molar-refractivity contribution in [2.75, 3.05) is 20.2 Å². The molecule has 1 saturated heterocycles. The van der Waals surface area contributed by atoms with Gasteiger partial charge in [-0.25, -0.2) is 8.42 Å². The molecule has 1 atom stereocenters. The fourth-order valence-corrected chi connectivity index (χ4v) is 4.19. The quantitative estimate of drug-likeness (QED) is 0.814. The summed E-state index contributed by atoms with van der Waals surface area (Å²) in [6.45, 7) is 2.04. The predicted molar refractivity (Wildman–Crippen MR) is 68.0 cm³/mol. The Hall–Kier alpha value is -0.960. The monoisotopic (exact) mass is 289 g/mol. The van der Waals surface area contributed by atoms with E-state index in [-0.39, 0.29) is 16.7 Å². The number of nitrogens with zero attached hydrogens (tertiary/aromatic N) is 2. The molecule has 2 heterocycles. The minimum Gasteiger partial charge on any atom is -0.390 e. The molecule has 1 aliphatic rings. The minimum absolute atomic E-state index is 0.0756. The highest BCUT2D eigenvalue weighted by atomic mass is 32.2. The molecule has 7 nitrogen and oxygen atoms in total. The number of methoxy groups -OCH3 is 1. The molecule has 0 spiro atoms. The number of hydrogen-bond acceptors (Lipinski definition) is 5. The van der Waals surface area contributed by atoms with E-state index in [1.165, 1.54) is 4.31 Å². The lowest BCUT2D eigenvalue weighted by Crippen LogP contribution is -2.43. The van der Waals surface area contributed by atoms with E-state index in [4.69, 9.17) is 4.74 Å². The van der Waals surface area contributed by atoms with Gasteiger partial charge in [-0.1, -0.05) is 0 Å². The number of H-pyrrole nitrogens is 1. The van der Waals surface area contributed by atoms with Gasteiger partial charge in [-0.3, -0.25) is 5.10 Å². The van der Waals surface area contributed by atoms with Gasteiger partial charge in [0.15, 0.2) is 0 Å². The third-order valence-corrected chi connectivity index (χ3v) is 5.45. The van der Waals surface area contributed by atoms with E-state index in [0.29, 0.717) is 18.8 Å². The molecule has 2 N–H and O–H groups in total. The third kappa shape index (κ3) is 2.66. The lowest BCUT2D eigenvalue weighted by atomic mass is 10.1. The number of ether oxygens (including phenoxy) is 1. The molecular formula is C11H19N3O4S. The molecule has 1 aromatic heterocycles. The number of piperidine rings is 1. The standard InChI is InChI=1S/C11H19N3O4S/c1-8-11(10(7-15)13-12-8)19(16,17)14-5-3-4-9(6-14)18-2/h9,15H,3-7H2,1-2H3,(H,12,13). The molecule has 19 heavy (non-hydrogen) atoms. The van der Waals surface area contributed by atoms with Gasteiger partial charge in [0.05, 0.1) is 18.4 Å². The highest BCUT2D eigenvalue weighted by molar-refractivity contribution is 7.89. The van der Waals surface area contributed by atoms with Gasteiger partial charge in [-0.15, -0.1) is 0 Å². The molecule has 0 bridgehead atoms. The van der Waals surface area contributed by atoms with Crippen LogP contribution in [0, 0.1) is 6.92 Å². The Bertz CT molecular complexity index is 540. The molecule has 0 radical (unpaired) electrons. The van der Waals surface area contributed by atoms with Crippen molar-refractivity contribution in [3.8, 4) is 0 Å². The molecule has 1 unspecified atom stereocenters. The summed E-state index contributed by atoms with van der Waals surface area (Å²) in [5.41, 5.74) is 0.612. The van der Waals surface area contributed by atoms with E-state index in [1.54, 1.807) is 14.0 Å². The summed E-state index contributed by atoms with van der Waals surface area (Å²) in [5.74, 6) is 0. The number of aryl methyl sites for hydroxylation is 1. The Morgan fingerprint density at radius 3 is 2.95 bits per heavy atom. The molecule has 1 fully saturated rings. The lowest BCUT2D eigenvalue weighted by Gasteiger charge is -2.31. The molecule has 0 aromatic carbocycles. The van der Waals surface area contributed by atoms with Crippen LogP contribution in [-0.4, -0.2) is 54.3 Å². The zero-order chi connectivity index (χ0) is 14.0. The number of hydrogen-bond donors (Lipinski definition) is 2. The van der Waals surface area contributed by atoms with Gasteiger partial charge < -0.3 is 9.84 Å². The van der Waals surface area contributed by atoms with Crippen LogP contribution in [0.4, 0.5) is 0 Å². The normalized spacial score (nSPS) is 21.7. The third-order valence-electron chi connectivity index (χ3n) is 3.38. The lowest BCUT2D eigenvalue weighted by molar-refractivity contribution is 0.0571. The first-order chi connectivity index (χ1) is 9.00. The van der Waals surface area contributed by atoms with Gasteiger partial charge in [0.2, 0.25) is 10.0 Å². The van der Waals surface area contributed by atoms with E-state index in [1.807, 2.05) is 0 Å². The summed E-state index contributed by atoms with van der Waals surface area (Å²) in [7, 11) is -2.05. The van der Waals surface area contributed by atoms with Crippen molar-refractivity contribution in [3.63, 3.8) is 0 Å². The molecule has 108 valence electrons. The fraction of sp³-hybridized carbons (Fsp3) is 0.727. The van der Waals surface area contributed by atoms with Crippen molar-refractivity contribution in [2.45, 2.75) is 37.4 Å². The molecule has 2 rings (SSSR count). The molecule has 1 aromatic rings. The Morgan fingerprint density at radius 1 is 1.58 bits per heavy atom. The van der Waals surface area contributed by atoms with Crippen LogP contribution in [-0.2, 0) is 21.4 Å². The van der Waals surface area contributed by atoms with Crippen molar-refractivity contribution < 1.29 is 18.3 Å². The molecule has 0 aliphatic carbocycles. The minimum atomic E-state index is -3.64. The van der Waals surface area contributed by atoms with E-state index < -0.39 is 16.6 Å². The second-order valence-electron chi connectivity index (χ2n) is 4.65. The fourth-order valence-electron chi connectivity index (χ4n) is 2.36. The first-order valence-electron chi connectivity index (χ1n) is 6.18. The summed E-state index contributed by atoms with van der Waals surface area (Å²) in [6, 6.07) is 0. The largest absolute Gasteiger partial charge is 0.390 e. The van der Waals surface area contributed by atoms with Gasteiger partial charge in [0.25, 0.3) is 0 Å². The Kier molecular flexibility index (Phi) is 4.24. The topological polar surface area (TPSA) is 95.5 Å². The number of aromatic amines is 1. The van der Waals surface area contributed by atoms with Crippen LogP contribution < -0.4 is 0 Å². The van der Waals surface area contributed by atoms with E-state index in [0.717, 1.165) is 12.8 Å². The van der Waals surface area contributed by atoms with Crippen LogP contribution in [0.25, 0.3) is 0 Å². The summed E-state index contributed by atoms with van der Waals surface area (Å²) in [4.78, 5) is 0.0896. The second kappa shape index (κ2) is 5.58. The van der Waals surface area contributed by atoms with Crippen LogP contribution in [0.1, 0.15) is 24.2 Å². The van der Waals surface area contributed by atoms with Crippen molar-refractivity contribution >= 4 is 10.0 Å². The smallest absolute Gasteiger partial charge is 0.246 e. The molecule has 8 heteroatoms. The SMILES string of the molecule is COC1CCCN(S(=O)(=O)c2c(CO)n[nH]c2C)C1. The van der Waals surface area contributed by atoms with Crippen molar-refractivity contribution in [1.82, 2.24) is 14.5 Å². The van der Waals surface area contributed by atoms with Crippen LogP contribution in [0.2, 0.25) is 0 Å². The zero-order valence-corrected chi connectivity index (χ0v) is 11.9. The first-order valence-corrected chi connectivity index (χ1v) is 7.62. The summed E-state index contributed by atoms with van der Waals surface area (Å²) in [5, 5.41) is 15.6. The van der Waals surface area contributed by atoms with Gasteiger partial charge in [-0.05, 0) is 19.8 Å². The van der Waals surface area contributed by atoms with Crippen molar-refractivity contribution in [1.29, 1.82) is 0 Å². The molecular weight excluding hydrogens is 270 g/mol. The highest BCUT2D eigenvalue weighted by Crippen LogP contribution is 2.25. The molecule has 0 amide bonds. The number of sulfonamides is 1. The van der Waals surface area contributed by atoms with Crippen LogP contribution in [0.3, 0.4) is 0 Å². The number of aromatic nitrogens is 2. The van der Waals surface area contributed by atoms with Gasteiger partial charge in [0.1, 0.15) is 10.6 Å². The van der Waals surface area contributed by atoms with Gasteiger partial charge in [0, 0.05) is 20.2 Å². The van der Waals surface area contributed by atoms with E-state index in [9.17, 15) is 13.5 Å². The summed E-state index contributed by atoms with van der Waals surface area (Å²) < 4.78 is 31.9. The van der Waals surface area contributed by atoms with Crippen molar-refractivity contribution in [2.24, 2.45) is 0 Å². The van der Waals surface area contributed by atoms with Crippen LogP contribution in [0.5, 0.6) is 0 Å². The number of aliphatic hydroxyl groups is 1. The van der Waals surface area contributed by atoms with Gasteiger partial charge in [-0.2, -0.15) is 9.40 Å². The summed E-state index contributed by atoms with van der Waals surface area (Å²) >= 11 is 0. The Morgan fingerprint density at radius 2 is 2.32 bits per heavy atom. The summed E-state index contributed by atoms with van der Waals surface area (Å²) in [6.07, 6.45) is 1.55. The second-order valence-corrected chi connectivity index (χ2v) is 6.52. The van der Waals surface area contributed by atoms with Crippen molar-refractivity contribution in [3.05, 3.63) is 11.4 Å². The maximum atomic E-state index is 12.6. The zero-order valence-electron chi connectivity index (χ0n) is 11.1. The maximum absolute atomic E-state index is 12.6. The molecule has 1 aliphatic heterocycles. The first kappa shape index (κ1) is 14.4. The van der Waals surface area contributed by atoms with Gasteiger partial charge >= 0.3 is 0 Å². The maximum Gasteiger partial charge on any atom is 0.246 e. The van der Waals surface area contributed by atoms with Crippen LogP contribution in [0.15, 0.2) is 4.90 Å². The Labute approximate surface area is 112 Å². The highest BCUT2D eigenvalue weighted by Gasteiger charge is 2.34. The predicted octanol–water partition coefficient (Wildman–Crippen LogP) is 0.00992. The van der Waals surface area contributed by atoms with E-state index >= 15 is 0 Å². The number of nitrogens with one attached hydrogen (secondary N) is 1. The molecule has 0 saturated carbocycles. The number of rotatable bonds is 4. The van der Waals surface area contributed by atoms with Crippen LogP contribution >= 0.6 is 0 Å². The Balaban J connectivity index is 2.34.